The maximum Gasteiger partial charge on any atom is 0.294 e. The Morgan fingerprint density at radius 3 is 2.58 bits per heavy atom. The maximum atomic E-state index is 13.3. The summed E-state index contributed by atoms with van der Waals surface area (Å²) in [7, 11) is 5.99. The Hall–Kier alpha value is -3.14. The predicted octanol–water partition coefficient (Wildman–Crippen LogP) is 4.39. The molecule has 0 saturated heterocycles. The summed E-state index contributed by atoms with van der Waals surface area (Å²) in [6.45, 7) is 1.16. The quantitative estimate of drug-likeness (QED) is 0.364. The van der Waals surface area contributed by atoms with Crippen molar-refractivity contribution in [2.45, 2.75) is 31.7 Å². The third-order valence-electron chi connectivity index (χ3n) is 6.50. The number of anilines is 2. The van der Waals surface area contributed by atoms with Gasteiger partial charge >= 0.3 is 0 Å². The maximum absolute atomic E-state index is 13.3. The average molecular weight is 514 g/mol. The molecule has 10 heteroatoms. The molecule has 0 unspecified atom stereocenters. The molecule has 1 fully saturated rings. The van der Waals surface area contributed by atoms with Crippen LogP contribution in [-0.4, -0.2) is 62.0 Å². The van der Waals surface area contributed by atoms with Gasteiger partial charge in [-0.3, -0.25) is 9.59 Å². The summed E-state index contributed by atoms with van der Waals surface area (Å²) in [4.78, 5) is 32.8. The molecule has 2 amide bonds. The van der Waals surface area contributed by atoms with Crippen LogP contribution in [0.1, 0.15) is 36.2 Å². The average Bonchev–Trinajstić information content (AvgIpc) is 3.23. The largest absolute Gasteiger partial charge is 0.492 e. The highest BCUT2D eigenvalue weighted by Gasteiger charge is 2.30. The van der Waals surface area contributed by atoms with Gasteiger partial charge in [-0.1, -0.05) is 11.6 Å². The third kappa shape index (κ3) is 6.16. The SMILES string of the molecule is CNCCOc1ccc2oc(C(=O)Nc3ccc(Cl)cn3)c(NC(=O)C3CCC(N(C)C)CC3)c2c1. The second kappa shape index (κ2) is 11.7. The lowest BCUT2D eigenvalue weighted by molar-refractivity contribution is -0.121. The number of likely N-dealkylation sites (N-methyl/N-ethyl adjacent to an activating group) is 1. The number of carbonyl (C=O) groups excluding carboxylic acids is 2. The molecule has 1 saturated carbocycles. The van der Waals surface area contributed by atoms with Gasteiger partial charge in [-0.05, 0) is 77.2 Å². The van der Waals surface area contributed by atoms with Gasteiger partial charge in [-0.2, -0.15) is 0 Å². The molecule has 1 aromatic carbocycles. The number of nitrogens with one attached hydrogen (secondary N) is 3. The minimum atomic E-state index is -0.523. The van der Waals surface area contributed by atoms with E-state index in [2.05, 4.69) is 39.9 Å². The Bertz CT molecular complexity index is 1200. The first-order valence-corrected chi connectivity index (χ1v) is 12.5. The lowest BCUT2D eigenvalue weighted by atomic mass is 9.85. The number of carbonyl (C=O) groups is 2. The Kier molecular flexibility index (Phi) is 8.45. The molecular formula is C26H32ClN5O4. The lowest BCUT2D eigenvalue weighted by Crippen LogP contribution is -2.35. The molecule has 4 rings (SSSR count). The Balaban J connectivity index is 1.61. The van der Waals surface area contributed by atoms with Crippen molar-refractivity contribution in [3.8, 4) is 5.75 Å². The molecule has 0 spiro atoms. The van der Waals surface area contributed by atoms with E-state index in [0.717, 1.165) is 25.7 Å². The van der Waals surface area contributed by atoms with Gasteiger partial charge in [0, 0.05) is 30.1 Å². The fourth-order valence-electron chi connectivity index (χ4n) is 4.42. The number of pyridine rings is 1. The zero-order valence-electron chi connectivity index (χ0n) is 20.8. The van der Waals surface area contributed by atoms with E-state index in [1.165, 1.54) is 6.20 Å². The number of nitrogens with zero attached hydrogens (tertiary/aromatic N) is 2. The summed E-state index contributed by atoms with van der Waals surface area (Å²) in [6, 6.07) is 9.00. The number of hydrogen-bond acceptors (Lipinski definition) is 7. The van der Waals surface area contributed by atoms with Crippen LogP contribution >= 0.6 is 11.6 Å². The predicted molar refractivity (Wildman–Crippen MR) is 141 cm³/mol. The number of aromatic nitrogens is 1. The Labute approximate surface area is 215 Å². The molecule has 9 nitrogen and oxygen atoms in total. The fraction of sp³-hybridized carbons (Fsp3) is 0.423. The van der Waals surface area contributed by atoms with Crippen LogP contribution in [0.25, 0.3) is 11.0 Å². The van der Waals surface area contributed by atoms with E-state index in [1.54, 1.807) is 30.3 Å². The number of fused-ring (bicyclic) bond motifs is 1. The topological polar surface area (TPSA) is 109 Å². The molecule has 192 valence electrons. The van der Waals surface area contributed by atoms with Crippen LogP contribution in [0.4, 0.5) is 11.5 Å². The van der Waals surface area contributed by atoms with Crippen molar-refractivity contribution in [3.05, 3.63) is 47.3 Å². The van der Waals surface area contributed by atoms with Crippen LogP contribution in [0.2, 0.25) is 5.02 Å². The number of furan rings is 1. The van der Waals surface area contributed by atoms with E-state index in [1.807, 2.05) is 7.05 Å². The van der Waals surface area contributed by atoms with Crippen molar-refractivity contribution in [2.24, 2.45) is 5.92 Å². The minimum absolute atomic E-state index is 0.00412. The van der Waals surface area contributed by atoms with Crippen molar-refractivity contribution in [1.29, 1.82) is 0 Å². The second-order valence-electron chi connectivity index (χ2n) is 9.19. The molecule has 2 aromatic heterocycles. The van der Waals surface area contributed by atoms with Gasteiger partial charge in [0.15, 0.2) is 0 Å². The van der Waals surface area contributed by atoms with Crippen LogP contribution < -0.4 is 20.7 Å². The van der Waals surface area contributed by atoms with Crippen LogP contribution in [-0.2, 0) is 4.79 Å². The number of hydrogen-bond donors (Lipinski definition) is 3. The zero-order chi connectivity index (χ0) is 25.7. The number of rotatable bonds is 9. The van der Waals surface area contributed by atoms with E-state index >= 15 is 0 Å². The highest BCUT2D eigenvalue weighted by Crippen LogP contribution is 2.36. The van der Waals surface area contributed by atoms with Gasteiger partial charge in [0.25, 0.3) is 5.91 Å². The first-order chi connectivity index (χ1) is 17.4. The summed E-state index contributed by atoms with van der Waals surface area (Å²) in [6.07, 6.45) is 4.93. The molecule has 0 bridgehead atoms. The van der Waals surface area contributed by atoms with Crippen LogP contribution in [0.15, 0.2) is 40.9 Å². The van der Waals surface area contributed by atoms with Gasteiger partial charge in [0.05, 0.1) is 5.02 Å². The molecule has 0 atom stereocenters. The van der Waals surface area contributed by atoms with Crippen molar-refractivity contribution < 1.29 is 18.7 Å². The van der Waals surface area contributed by atoms with Crippen molar-refractivity contribution >= 4 is 45.9 Å². The summed E-state index contributed by atoms with van der Waals surface area (Å²) in [5.41, 5.74) is 0.798. The summed E-state index contributed by atoms with van der Waals surface area (Å²) in [5, 5.41) is 9.81. The highest BCUT2D eigenvalue weighted by molar-refractivity contribution is 6.30. The van der Waals surface area contributed by atoms with Crippen molar-refractivity contribution in [2.75, 3.05) is 44.9 Å². The van der Waals surface area contributed by atoms with E-state index < -0.39 is 5.91 Å². The van der Waals surface area contributed by atoms with Crippen molar-refractivity contribution in [3.63, 3.8) is 0 Å². The first kappa shape index (κ1) is 25.9. The molecule has 3 aromatic rings. The van der Waals surface area contributed by atoms with Crippen molar-refractivity contribution in [1.82, 2.24) is 15.2 Å². The summed E-state index contributed by atoms with van der Waals surface area (Å²) in [5.74, 6) is 0.173. The Morgan fingerprint density at radius 2 is 1.92 bits per heavy atom. The number of halogens is 1. The summed E-state index contributed by atoms with van der Waals surface area (Å²) < 4.78 is 11.7. The molecule has 0 radical (unpaired) electrons. The lowest BCUT2D eigenvalue weighted by Gasteiger charge is -2.31. The van der Waals surface area contributed by atoms with Gasteiger partial charge in [-0.25, -0.2) is 4.98 Å². The molecule has 36 heavy (non-hydrogen) atoms. The minimum Gasteiger partial charge on any atom is -0.492 e. The molecule has 3 N–H and O–H groups in total. The first-order valence-electron chi connectivity index (χ1n) is 12.1. The molecular weight excluding hydrogens is 482 g/mol. The number of ether oxygens (including phenoxy) is 1. The van der Waals surface area contributed by atoms with E-state index in [-0.39, 0.29) is 17.6 Å². The van der Waals surface area contributed by atoms with E-state index in [4.69, 9.17) is 20.8 Å². The van der Waals surface area contributed by atoms with Gasteiger partial charge in [-0.15, -0.1) is 0 Å². The molecule has 1 aliphatic carbocycles. The van der Waals surface area contributed by atoms with E-state index in [0.29, 0.717) is 52.4 Å². The van der Waals surface area contributed by atoms with Gasteiger partial charge in [0.2, 0.25) is 11.7 Å². The van der Waals surface area contributed by atoms with E-state index in [9.17, 15) is 9.59 Å². The van der Waals surface area contributed by atoms with Gasteiger partial charge in [0.1, 0.15) is 29.4 Å². The molecule has 1 aliphatic rings. The molecule has 0 aliphatic heterocycles. The van der Waals surface area contributed by atoms with Gasteiger partial charge < -0.3 is 30.0 Å². The third-order valence-corrected chi connectivity index (χ3v) is 6.73. The van der Waals surface area contributed by atoms with Crippen LogP contribution in [0.5, 0.6) is 5.75 Å². The van der Waals surface area contributed by atoms with Crippen LogP contribution in [0, 0.1) is 5.92 Å². The zero-order valence-corrected chi connectivity index (χ0v) is 21.5. The smallest absolute Gasteiger partial charge is 0.294 e. The normalized spacial score (nSPS) is 17.8. The Morgan fingerprint density at radius 1 is 1.14 bits per heavy atom. The fourth-order valence-corrected chi connectivity index (χ4v) is 4.54. The highest BCUT2D eigenvalue weighted by atomic mass is 35.5. The second-order valence-corrected chi connectivity index (χ2v) is 9.63. The number of benzene rings is 1. The summed E-state index contributed by atoms with van der Waals surface area (Å²) >= 11 is 5.90. The van der Waals surface area contributed by atoms with Crippen LogP contribution in [0.3, 0.4) is 0 Å². The molecule has 2 heterocycles. The monoisotopic (exact) mass is 513 g/mol. The standard InChI is InChI=1S/C26H32ClN5O4/c1-28-12-13-35-19-9-10-21-20(14-19)23(31-25(33)16-4-7-18(8-5-16)32(2)3)24(36-21)26(34)30-22-11-6-17(27)15-29-22/h6,9-11,14-16,18,28H,4-5,7-8,12-13H2,1-3H3,(H,31,33)(H,29,30,34). The number of amides is 2.